The van der Waals surface area contributed by atoms with Crippen molar-refractivity contribution in [3.63, 3.8) is 0 Å². The third-order valence-electron chi connectivity index (χ3n) is 0.883. The zero-order valence-corrected chi connectivity index (χ0v) is 7.08. The van der Waals surface area contributed by atoms with E-state index in [1.807, 2.05) is 0 Å². The highest BCUT2D eigenvalue weighted by molar-refractivity contribution is 7.99. The zero-order chi connectivity index (χ0) is 7.82. The van der Waals surface area contributed by atoms with Gasteiger partial charge in [-0.1, -0.05) is 0 Å². The minimum absolute atomic E-state index is 0.195. The van der Waals surface area contributed by atoms with Gasteiger partial charge in [0.2, 0.25) is 0 Å². The second kappa shape index (κ2) is 6.93. The number of hydrogen-bond acceptors (Lipinski definition) is 3. The molecule has 0 aliphatic heterocycles. The topological polar surface area (TPSA) is 26.3 Å². The summed E-state index contributed by atoms with van der Waals surface area (Å²) in [5.74, 6) is 1.72. The van der Waals surface area contributed by atoms with Gasteiger partial charge in [-0.05, 0) is 24.9 Å². The smallest absolute Gasteiger partial charge is 0.302 e. The summed E-state index contributed by atoms with van der Waals surface area (Å²) in [5, 5.41) is 0. The molecular formula is C7H13O2S. The van der Waals surface area contributed by atoms with E-state index in [2.05, 4.69) is 6.92 Å². The molecule has 0 aromatic heterocycles. The van der Waals surface area contributed by atoms with Crippen molar-refractivity contribution in [2.24, 2.45) is 0 Å². The highest BCUT2D eigenvalue weighted by Gasteiger charge is 1.91. The zero-order valence-electron chi connectivity index (χ0n) is 6.26. The van der Waals surface area contributed by atoms with Crippen LogP contribution in [0.4, 0.5) is 0 Å². The highest BCUT2D eigenvalue weighted by atomic mass is 32.2. The van der Waals surface area contributed by atoms with E-state index in [0.717, 1.165) is 17.9 Å². The molecule has 0 rings (SSSR count). The van der Waals surface area contributed by atoms with Crippen molar-refractivity contribution >= 4 is 17.7 Å². The number of carbonyl (C=O) groups excluding carboxylic acids is 1. The Morgan fingerprint density at radius 2 is 2.40 bits per heavy atom. The van der Waals surface area contributed by atoms with Gasteiger partial charge in [-0.2, -0.15) is 11.8 Å². The van der Waals surface area contributed by atoms with Crippen molar-refractivity contribution in [1.29, 1.82) is 0 Å². The van der Waals surface area contributed by atoms with E-state index < -0.39 is 0 Å². The first-order chi connectivity index (χ1) is 4.77. The summed E-state index contributed by atoms with van der Waals surface area (Å²) in [7, 11) is 0. The maximum Gasteiger partial charge on any atom is 0.302 e. The van der Waals surface area contributed by atoms with Crippen LogP contribution in [0.25, 0.3) is 0 Å². The molecule has 0 bridgehead atoms. The first-order valence-electron chi connectivity index (χ1n) is 3.27. The molecule has 2 nitrogen and oxygen atoms in total. The van der Waals surface area contributed by atoms with Crippen molar-refractivity contribution in [3.8, 4) is 0 Å². The van der Waals surface area contributed by atoms with Crippen molar-refractivity contribution in [2.45, 2.75) is 13.3 Å². The predicted molar refractivity (Wildman–Crippen MR) is 43.9 cm³/mol. The molecule has 0 aromatic carbocycles. The number of rotatable bonds is 5. The fraction of sp³-hybridized carbons (Fsp3) is 0.714. The molecule has 0 fully saturated rings. The lowest BCUT2D eigenvalue weighted by atomic mass is 10.5. The van der Waals surface area contributed by atoms with Gasteiger partial charge in [0.05, 0.1) is 6.61 Å². The van der Waals surface area contributed by atoms with E-state index in [1.54, 1.807) is 11.8 Å². The lowest BCUT2D eigenvalue weighted by Gasteiger charge is -1.99. The molecule has 0 aliphatic carbocycles. The third kappa shape index (κ3) is 7.82. The number of ether oxygens (including phenoxy) is 1. The molecule has 0 heterocycles. The standard InChI is InChI=1S/C7H13O2S/c1-3-10-6-4-5-9-7(2)8/h1,3-6H2,2H3. The van der Waals surface area contributed by atoms with Crippen LogP contribution in [0.5, 0.6) is 0 Å². The number of hydrogen-bond donors (Lipinski definition) is 0. The molecule has 59 valence electrons. The predicted octanol–water partition coefficient (Wildman–Crippen LogP) is 1.51. The first-order valence-corrected chi connectivity index (χ1v) is 4.43. The quantitative estimate of drug-likeness (QED) is 0.451. The Hall–Kier alpha value is -0.180. The molecule has 0 atom stereocenters. The van der Waals surface area contributed by atoms with Gasteiger partial charge in [-0.3, -0.25) is 4.79 Å². The van der Waals surface area contributed by atoms with Crippen LogP contribution in [0.1, 0.15) is 13.3 Å². The third-order valence-corrected chi connectivity index (χ3v) is 1.75. The number of thioether (sulfide) groups is 1. The molecule has 0 saturated heterocycles. The summed E-state index contributed by atoms with van der Waals surface area (Å²) in [5.41, 5.74) is 0. The van der Waals surface area contributed by atoms with Crippen LogP contribution in [-0.2, 0) is 9.53 Å². The Balaban J connectivity index is 2.84. The molecule has 0 saturated carbocycles. The second-order valence-corrected chi connectivity index (χ2v) is 3.03. The average molecular weight is 161 g/mol. The van der Waals surface area contributed by atoms with E-state index in [1.165, 1.54) is 6.92 Å². The average Bonchev–Trinajstić information content (AvgIpc) is 1.87. The lowest BCUT2D eigenvalue weighted by molar-refractivity contribution is -0.140. The van der Waals surface area contributed by atoms with Crippen LogP contribution in [0.15, 0.2) is 0 Å². The van der Waals surface area contributed by atoms with Gasteiger partial charge in [0.15, 0.2) is 0 Å². The summed E-state index contributed by atoms with van der Waals surface area (Å²) in [6, 6.07) is 0. The van der Waals surface area contributed by atoms with E-state index in [0.29, 0.717) is 6.61 Å². The van der Waals surface area contributed by atoms with Crippen LogP contribution in [0, 0.1) is 6.92 Å². The minimum atomic E-state index is -0.195. The van der Waals surface area contributed by atoms with E-state index in [-0.39, 0.29) is 5.97 Å². The largest absolute Gasteiger partial charge is 0.466 e. The van der Waals surface area contributed by atoms with Crippen molar-refractivity contribution < 1.29 is 9.53 Å². The SMILES string of the molecule is [CH2]CSCCCOC(C)=O. The van der Waals surface area contributed by atoms with Gasteiger partial charge in [0.1, 0.15) is 0 Å². The Kier molecular flexibility index (Phi) is 6.81. The molecule has 0 N–H and O–H groups in total. The Labute approximate surface area is 66.3 Å². The van der Waals surface area contributed by atoms with Gasteiger partial charge >= 0.3 is 5.97 Å². The van der Waals surface area contributed by atoms with Crippen molar-refractivity contribution in [1.82, 2.24) is 0 Å². The van der Waals surface area contributed by atoms with Crippen molar-refractivity contribution in [2.75, 3.05) is 18.1 Å². The molecule has 3 heteroatoms. The van der Waals surface area contributed by atoms with E-state index >= 15 is 0 Å². The molecule has 1 radical (unpaired) electrons. The molecule has 0 aromatic rings. The maximum absolute atomic E-state index is 10.2. The van der Waals surface area contributed by atoms with Crippen LogP contribution in [-0.4, -0.2) is 24.1 Å². The number of esters is 1. The lowest BCUT2D eigenvalue weighted by Crippen LogP contribution is -2.01. The fourth-order valence-electron chi connectivity index (χ4n) is 0.479. The highest BCUT2D eigenvalue weighted by Crippen LogP contribution is 2.00. The molecule has 0 unspecified atom stereocenters. The van der Waals surface area contributed by atoms with Gasteiger partial charge < -0.3 is 4.74 Å². The fourth-order valence-corrected chi connectivity index (χ4v) is 1.01. The maximum atomic E-state index is 10.2. The van der Waals surface area contributed by atoms with Crippen LogP contribution < -0.4 is 0 Å². The van der Waals surface area contributed by atoms with Gasteiger partial charge in [0.25, 0.3) is 0 Å². The number of carbonyl (C=O) groups is 1. The minimum Gasteiger partial charge on any atom is -0.466 e. The summed E-state index contributed by atoms with van der Waals surface area (Å²) in [6.45, 7) is 5.64. The van der Waals surface area contributed by atoms with Crippen molar-refractivity contribution in [3.05, 3.63) is 6.92 Å². The molecule has 0 aliphatic rings. The normalized spacial score (nSPS) is 9.40. The van der Waals surface area contributed by atoms with Crippen LogP contribution in [0.3, 0.4) is 0 Å². The van der Waals surface area contributed by atoms with Gasteiger partial charge in [-0.15, -0.1) is 0 Å². The summed E-state index contributed by atoms with van der Waals surface area (Å²) < 4.78 is 4.72. The van der Waals surface area contributed by atoms with Crippen LogP contribution in [0.2, 0.25) is 0 Å². The van der Waals surface area contributed by atoms with E-state index in [4.69, 9.17) is 4.74 Å². The van der Waals surface area contributed by atoms with Gasteiger partial charge in [0, 0.05) is 6.92 Å². The van der Waals surface area contributed by atoms with Gasteiger partial charge in [-0.25, -0.2) is 0 Å². The molecule has 0 amide bonds. The Bertz CT molecular complexity index is 93.6. The monoisotopic (exact) mass is 161 g/mol. The molecule has 0 spiro atoms. The summed E-state index contributed by atoms with van der Waals surface area (Å²) in [4.78, 5) is 10.2. The second-order valence-electron chi connectivity index (χ2n) is 1.81. The molecular weight excluding hydrogens is 148 g/mol. The van der Waals surface area contributed by atoms with E-state index in [9.17, 15) is 4.79 Å². The molecule has 10 heavy (non-hydrogen) atoms. The Morgan fingerprint density at radius 3 is 2.90 bits per heavy atom. The summed E-state index contributed by atoms with van der Waals surface area (Å²) in [6.07, 6.45) is 0.930. The first kappa shape index (κ1) is 9.82. The summed E-state index contributed by atoms with van der Waals surface area (Å²) >= 11 is 1.76. The Morgan fingerprint density at radius 1 is 1.70 bits per heavy atom. The van der Waals surface area contributed by atoms with Crippen LogP contribution >= 0.6 is 11.8 Å².